The zero-order valence-corrected chi connectivity index (χ0v) is 21.1. The van der Waals surface area contributed by atoms with Gasteiger partial charge in [0.1, 0.15) is 17.7 Å². The number of rotatable bonds is 4. The standard InChI is InChI=1S/C30H23FN6O2/c1-2-3-18-4-7-23-24(10-18)27(34-35-29(23)38)12-19-5-8-26(31)25(11-19)30(39)37-17-21-13-22(37)16-36(21)28-9-6-20(14-32)15-33-28/h4-11,15,21-22H,12-13,16-17H2,1H3,(H,35,38). The summed E-state index contributed by atoms with van der Waals surface area (Å²) in [5.41, 5.74) is 2.31. The Morgan fingerprint density at radius 1 is 1.10 bits per heavy atom. The van der Waals surface area contributed by atoms with Crippen LogP contribution in [0.25, 0.3) is 10.8 Å². The van der Waals surface area contributed by atoms with Crippen molar-refractivity contribution in [3.8, 4) is 17.9 Å². The summed E-state index contributed by atoms with van der Waals surface area (Å²) in [7, 11) is 0. The number of aromatic nitrogens is 3. The number of hydrogen-bond acceptors (Lipinski definition) is 6. The summed E-state index contributed by atoms with van der Waals surface area (Å²) in [6, 6.07) is 15.5. The zero-order chi connectivity index (χ0) is 27.1. The number of carbonyl (C=O) groups is 1. The van der Waals surface area contributed by atoms with E-state index in [1.54, 1.807) is 48.4 Å². The predicted octanol–water partition coefficient (Wildman–Crippen LogP) is 3.39. The number of pyridine rings is 1. The number of likely N-dealkylation sites (tertiary alicyclic amines) is 1. The molecular formula is C30H23FN6O2. The number of carbonyl (C=O) groups excluding carboxylic acids is 1. The van der Waals surface area contributed by atoms with E-state index in [9.17, 15) is 14.0 Å². The summed E-state index contributed by atoms with van der Waals surface area (Å²) >= 11 is 0. The highest BCUT2D eigenvalue weighted by molar-refractivity contribution is 5.95. The summed E-state index contributed by atoms with van der Waals surface area (Å²) in [4.78, 5) is 34.1. The molecule has 2 aliphatic rings. The number of aromatic amines is 1. The third-order valence-electron chi connectivity index (χ3n) is 7.44. The van der Waals surface area contributed by atoms with Crippen LogP contribution in [0.3, 0.4) is 0 Å². The van der Waals surface area contributed by atoms with E-state index in [0.717, 1.165) is 17.8 Å². The smallest absolute Gasteiger partial charge is 0.272 e. The lowest BCUT2D eigenvalue weighted by Crippen LogP contribution is -2.49. The fourth-order valence-corrected chi connectivity index (χ4v) is 5.59. The molecule has 8 nitrogen and oxygen atoms in total. The van der Waals surface area contributed by atoms with Crippen LogP contribution in [0, 0.1) is 29.0 Å². The second-order valence-electron chi connectivity index (χ2n) is 9.80. The van der Waals surface area contributed by atoms with Gasteiger partial charge in [0.15, 0.2) is 0 Å². The molecule has 2 aromatic carbocycles. The minimum Gasteiger partial charge on any atom is -0.350 e. The van der Waals surface area contributed by atoms with Gasteiger partial charge < -0.3 is 9.80 Å². The summed E-state index contributed by atoms with van der Waals surface area (Å²) in [6.45, 7) is 2.82. The Labute approximate surface area is 223 Å². The Balaban J connectivity index is 1.24. The molecule has 0 saturated carbocycles. The summed E-state index contributed by atoms with van der Waals surface area (Å²) in [5, 5.41) is 17.0. The number of fused-ring (bicyclic) bond motifs is 3. The highest BCUT2D eigenvalue weighted by Gasteiger charge is 2.46. The van der Waals surface area contributed by atoms with E-state index in [-0.39, 0.29) is 29.1 Å². The second kappa shape index (κ2) is 9.70. The minimum absolute atomic E-state index is 0.0226. The number of nitrogens with one attached hydrogen (secondary N) is 1. The van der Waals surface area contributed by atoms with E-state index < -0.39 is 5.82 Å². The van der Waals surface area contributed by atoms with Crippen LogP contribution in [-0.2, 0) is 6.42 Å². The minimum atomic E-state index is -0.572. The van der Waals surface area contributed by atoms with Crippen molar-refractivity contribution >= 4 is 22.5 Å². The topological polar surface area (TPSA) is 106 Å². The molecule has 0 spiro atoms. The summed E-state index contributed by atoms with van der Waals surface area (Å²) in [6.07, 6.45) is 2.63. The van der Waals surface area contributed by atoms with Crippen molar-refractivity contribution in [2.75, 3.05) is 18.0 Å². The molecular weight excluding hydrogens is 495 g/mol. The van der Waals surface area contributed by atoms with Gasteiger partial charge >= 0.3 is 0 Å². The maximum absolute atomic E-state index is 14.9. The van der Waals surface area contributed by atoms with E-state index in [1.165, 1.54) is 6.07 Å². The van der Waals surface area contributed by atoms with E-state index >= 15 is 0 Å². The summed E-state index contributed by atoms with van der Waals surface area (Å²) < 4.78 is 14.9. The van der Waals surface area contributed by atoms with Crippen molar-refractivity contribution in [2.45, 2.75) is 31.8 Å². The number of nitrogens with zero attached hydrogens (tertiary/aromatic N) is 5. The molecule has 39 heavy (non-hydrogen) atoms. The molecule has 0 aliphatic carbocycles. The van der Waals surface area contributed by atoms with E-state index in [0.29, 0.717) is 47.1 Å². The van der Waals surface area contributed by atoms with Gasteiger partial charge in [-0.05, 0) is 61.4 Å². The highest BCUT2D eigenvalue weighted by Crippen LogP contribution is 2.35. The Morgan fingerprint density at radius 2 is 1.95 bits per heavy atom. The average Bonchev–Trinajstić information content (AvgIpc) is 3.57. The number of H-pyrrole nitrogens is 1. The number of anilines is 1. The highest BCUT2D eigenvalue weighted by atomic mass is 19.1. The molecule has 2 saturated heterocycles. The third-order valence-corrected chi connectivity index (χ3v) is 7.44. The number of benzene rings is 2. The van der Waals surface area contributed by atoms with Crippen molar-refractivity contribution in [2.24, 2.45) is 0 Å². The fraction of sp³-hybridized carbons (Fsp3) is 0.233. The Hall–Kier alpha value is -5.02. The van der Waals surface area contributed by atoms with Crippen LogP contribution in [0.5, 0.6) is 0 Å². The zero-order valence-electron chi connectivity index (χ0n) is 21.1. The molecule has 192 valence electrons. The lowest BCUT2D eigenvalue weighted by molar-refractivity contribution is 0.0720. The number of nitriles is 1. The van der Waals surface area contributed by atoms with Gasteiger partial charge in [0.25, 0.3) is 11.5 Å². The summed E-state index contributed by atoms with van der Waals surface area (Å²) in [5.74, 6) is 5.71. The molecule has 1 amide bonds. The monoisotopic (exact) mass is 518 g/mol. The van der Waals surface area contributed by atoms with Gasteiger partial charge in [-0.15, -0.1) is 5.92 Å². The van der Waals surface area contributed by atoms with Gasteiger partial charge in [0.2, 0.25) is 0 Å². The van der Waals surface area contributed by atoms with Gasteiger partial charge in [-0.1, -0.05) is 12.0 Å². The van der Waals surface area contributed by atoms with Gasteiger partial charge in [-0.2, -0.15) is 10.4 Å². The molecule has 2 aliphatic heterocycles. The first-order valence-corrected chi connectivity index (χ1v) is 12.6. The maximum atomic E-state index is 14.9. The normalized spacial score (nSPS) is 17.7. The van der Waals surface area contributed by atoms with Crippen LogP contribution in [0.15, 0.2) is 59.5 Å². The molecule has 2 fully saturated rings. The van der Waals surface area contributed by atoms with Crippen LogP contribution in [0.1, 0.15) is 46.1 Å². The molecule has 4 heterocycles. The van der Waals surface area contributed by atoms with Crippen LogP contribution >= 0.6 is 0 Å². The Kier molecular flexibility index (Phi) is 6.05. The van der Waals surface area contributed by atoms with Crippen LogP contribution in [-0.4, -0.2) is 51.2 Å². The molecule has 4 aromatic rings. The van der Waals surface area contributed by atoms with E-state index in [2.05, 4.69) is 38.0 Å². The fourth-order valence-electron chi connectivity index (χ4n) is 5.59. The second-order valence-corrected chi connectivity index (χ2v) is 9.80. The quantitative estimate of drug-likeness (QED) is 0.415. The molecule has 2 bridgehead atoms. The molecule has 0 radical (unpaired) electrons. The molecule has 1 N–H and O–H groups in total. The first-order valence-electron chi connectivity index (χ1n) is 12.6. The molecule has 2 aromatic heterocycles. The number of halogens is 1. The Morgan fingerprint density at radius 3 is 2.67 bits per heavy atom. The average molecular weight is 519 g/mol. The van der Waals surface area contributed by atoms with Crippen molar-refractivity contribution in [3.05, 3.63) is 98.8 Å². The van der Waals surface area contributed by atoms with Crippen molar-refractivity contribution in [1.82, 2.24) is 20.1 Å². The van der Waals surface area contributed by atoms with Gasteiger partial charge in [0.05, 0.1) is 34.3 Å². The Bertz CT molecular complexity index is 1780. The number of piperazine rings is 1. The van der Waals surface area contributed by atoms with Gasteiger partial charge in [0, 0.05) is 36.7 Å². The van der Waals surface area contributed by atoms with Crippen LogP contribution < -0.4 is 10.5 Å². The van der Waals surface area contributed by atoms with Crippen molar-refractivity contribution < 1.29 is 9.18 Å². The first-order chi connectivity index (χ1) is 18.9. The SMILES string of the molecule is CC#Cc1ccc2c(=O)[nH]nc(Cc3ccc(F)c(C(=O)N4CC5CC4CN5c4ccc(C#N)cn4)c3)c2c1. The molecule has 6 rings (SSSR count). The van der Waals surface area contributed by atoms with E-state index in [4.69, 9.17) is 5.26 Å². The first kappa shape index (κ1) is 24.3. The predicted molar refractivity (Wildman–Crippen MR) is 144 cm³/mol. The lowest BCUT2D eigenvalue weighted by Gasteiger charge is -2.35. The lowest BCUT2D eigenvalue weighted by atomic mass is 10.0. The molecule has 2 atom stereocenters. The molecule has 2 unspecified atom stereocenters. The number of hydrogen-bond donors (Lipinski definition) is 1. The largest absolute Gasteiger partial charge is 0.350 e. The van der Waals surface area contributed by atoms with E-state index in [1.807, 2.05) is 12.1 Å². The third kappa shape index (κ3) is 4.38. The van der Waals surface area contributed by atoms with Gasteiger partial charge in [-0.25, -0.2) is 14.5 Å². The maximum Gasteiger partial charge on any atom is 0.272 e. The van der Waals surface area contributed by atoms with Crippen molar-refractivity contribution in [1.29, 1.82) is 5.26 Å². The van der Waals surface area contributed by atoms with Crippen LogP contribution in [0.4, 0.5) is 10.2 Å². The van der Waals surface area contributed by atoms with Crippen LogP contribution in [0.2, 0.25) is 0 Å². The number of amides is 1. The molecule has 9 heteroatoms. The van der Waals surface area contributed by atoms with Crippen molar-refractivity contribution in [3.63, 3.8) is 0 Å². The van der Waals surface area contributed by atoms with Gasteiger partial charge in [-0.3, -0.25) is 9.59 Å².